The van der Waals surface area contributed by atoms with Crippen molar-refractivity contribution < 1.29 is 4.79 Å². The second-order valence-electron chi connectivity index (χ2n) is 6.77. The van der Waals surface area contributed by atoms with Crippen molar-refractivity contribution in [1.82, 2.24) is 9.47 Å². The van der Waals surface area contributed by atoms with Gasteiger partial charge in [0.2, 0.25) is 0 Å². The van der Waals surface area contributed by atoms with E-state index < -0.39 is 0 Å². The lowest BCUT2D eigenvalue weighted by atomic mass is 10.1. The summed E-state index contributed by atoms with van der Waals surface area (Å²) >= 11 is 6.86. The fourth-order valence-corrected chi connectivity index (χ4v) is 4.62. The maximum atomic E-state index is 13.0. The Morgan fingerprint density at radius 3 is 2.32 bits per heavy atom. The van der Waals surface area contributed by atoms with Gasteiger partial charge >= 0.3 is 0 Å². The molecule has 5 heteroatoms. The van der Waals surface area contributed by atoms with Gasteiger partial charge in [-0.3, -0.25) is 9.69 Å². The van der Waals surface area contributed by atoms with Crippen LogP contribution in [0.25, 0.3) is 11.8 Å². The first-order chi connectivity index (χ1) is 13.5. The van der Waals surface area contributed by atoms with Crippen molar-refractivity contribution >= 4 is 40.3 Å². The van der Waals surface area contributed by atoms with Crippen LogP contribution >= 0.6 is 24.0 Å². The highest BCUT2D eigenvalue weighted by molar-refractivity contribution is 8.26. The SMILES string of the molecule is Cc1cn(-c2ccccc2)c(C)c1C=C1SC(=S)N(Cc2ccccc2)C1=O. The number of thiocarbonyl (C=S) groups is 1. The minimum atomic E-state index is -0.0230. The van der Waals surface area contributed by atoms with Gasteiger partial charge in [0.05, 0.1) is 11.4 Å². The third kappa shape index (κ3) is 3.55. The molecule has 1 aliphatic heterocycles. The number of thioether (sulfide) groups is 1. The van der Waals surface area contributed by atoms with Gasteiger partial charge in [-0.15, -0.1) is 0 Å². The van der Waals surface area contributed by atoms with E-state index >= 15 is 0 Å². The van der Waals surface area contributed by atoms with Crippen LogP contribution in [0.3, 0.4) is 0 Å². The molecule has 0 unspecified atom stereocenters. The number of carbonyl (C=O) groups excluding carboxylic acids is 1. The summed E-state index contributed by atoms with van der Waals surface area (Å²) in [5.74, 6) is -0.0230. The number of amides is 1. The lowest BCUT2D eigenvalue weighted by Gasteiger charge is -2.14. The van der Waals surface area contributed by atoms with E-state index in [1.165, 1.54) is 11.8 Å². The van der Waals surface area contributed by atoms with Gasteiger partial charge in [-0.2, -0.15) is 0 Å². The lowest BCUT2D eigenvalue weighted by Crippen LogP contribution is -2.27. The van der Waals surface area contributed by atoms with Gasteiger partial charge in [-0.25, -0.2) is 0 Å². The average molecular weight is 405 g/mol. The molecular formula is C23H20N2OS2. The molecule has 0 aliphatic carbocycles. The van der Waals surface area contributed by atoms with Crippen LogP contribution in [0.2, 0.25) is 0 Å². The number of carbonyl (C=O) groups is 1. The second kappa shape index (κ2) is 7.78. The van der Waals surface area contributed by atoms with E-state index in [9.17, 15) is 4.79 Å². The van der Waals surface area contributed by atoms with Crippen LogP contribution in [0.15, 0.2) is 71.8 Å². The monoisotopic (exact) mass is 404 g/mol. The van der Waals surface area contributed by atoms with Crippen molar-refractivity contribution in [3.05, 3.63) is 94.1 Å². The Kier molecular flexibility index (Phi) is 5.20. The molecule has 0 N–H and O–H groups in total. The molecule has 140 valence electrons. The van der Waals surface area contributed by atoms with E-state index in [1.54, 1.807) is 4.90 Å². The predicted molar refractivity (Wildman–Crippen MR) is 120 cm³/mol. The Labute approximate surface area is 174 Å². The van der Waals surface area contributed by atoms with E-state index in [0.29, 0.717) is 15.8 Å². The second-order valence-corrected chi connectivity index (χ2v) is 8.45. The zero-order valence-electron chi connectivity index (χ0n) is 15.8. The van der Waals surface area contributed by atoms with Gasteiger partial charge in [0.25, 0.3) is 5.91 Å². The molecule has 0 radical (unpaired) electrons. The molecule has 2 aromatic carbocycles. The summed E-state index contributed by atoms with van der Waals surface area (Å²) in [6.07, 6.45) is 4.09. The van der Waals surface area contributed by atoms with Crippen molar-refractivity contribution in [2.45, 2.75) is 20.4 Å². The molecular weight excluding hydrogens is 384 g/mol. The third-order valence-corrected chi connectivity index (χ3v) is 6.24. The molecule has 0 spiro atoms. The van der Waals surface area contributed by atoms with Crippen LogP contribution < -0.4 is 0 Å². The molecule has 0 atom stereocenters. The van der Waals surface area contributed by atoms with Gasteiger partial charge in [-0.1, -0.05) is 72.5 Å². The summed E-state index contributed by atoms with van der Waals surface area (Å²) in [4.78, 5) is 15.3. The highest BCUT2D eigenvalue weighted by Gasteiger charge is 2.32. The summed E-state index contributed by atoms with van der Waals surface area (Å²) in [7, 11) is 0. The quantitative estimate of drug-likeness (QED) is 0.424. The van der Waals surface area contributed by atoms with E-state index in [1.807, 2.05) is 54.6 Å². The molecule has 1 aliphatic rings. The van der Waals surface area contributed by atoms with Gasteiger partial charge < -0.3 is 4.57 Å². The summed E-state index contributed by atoms with van der Waals surface area (Å²) in [5.41, 5.74) is 5.50. The number of aromatic nitrogens is 1. The number of para-hydroxylation sites is 1. The first-order valence-corrected chi connectivity index (χ1v) is 10.3. The average Bonchev–Trinajstić information content (AvgIpc) is 3.14. The number of rotatable bonds is 4. The Balaban J connectivity index is 1.64. The Morgan fingerprint density at radius 2 is 1.64 bits per heavy atom. The van der Waals surface area contributed by atoms with Crippen LogP contribution in [-0.2, 0) is 11.3 Å². The third-order valence-electron chi connectivity index (χ3n) is 4.87. The van der Waals surface area contributed by atoms with E-state index in [0.717, 1.165) is 28.1 Å². The van der Waals surface area contributed by atoms with Crippen LogP contribution in [0, 0.1) is 13.8 Å². The topological polar surface area (TPSA) is 25.2 Å². The van der Waals surface area contributed by atoms with Crippen molar-refractivity contribution in [1.29, 1.82) is 0 Å². The minimum Gasteiger partial charge on any atom is -0.320 e. The molecule has 3 aromatic rings. The van der Waals surface area contributed by atoms with Crippen LogP contribution in [0.5, 0.6) is 0 Å². The van der Waals surface area contributed by atoms with E-state index in [2.05, 4.69) is 36.7 Å². The first kappa shape index (κ1) is 18.7. The zero-order valence-corrected chi connectivity index (χ0v) is 17.4. The number of benzene rings is 2. The van der Waals surface area contributed by atoms with Gasteiger partial charge in [0.15, 0.2) is 0 Å². The van der Waals surface area contributed by atoms with Crippen molar-refractivity contribution in [2.24, 2.45) is 0 Å². The smallest absolute Gasteiger partial charge is 0.266 e. The summed E-state index contributed by atoms with van der Waals surface area (Å²) in [6, 6.07) is 20.2. The normalized spacial score (nSPS) is 15.6. The number of hydrogen-bond donors (Lipinski definition) is 0. The van der Waals surface area contributed by atoms with Gasteiger partial charge in [0.1, 0.15) is 4.32 Å². The zero-order chi connectivity index (χ0) is 19.7. The number of hydrogen-bond acceptors (Lipinski definition) is 3. The summed E-state index contributed by atoms with van der Waals surface area (Å²) in [6.45, 7) is 4.66. The minimum absolute atomic E-state index is 0.0230. The fourth-order valence-electron chi connectivity index (χ4n) is 3.38. The number of nitrogens with zero attached hydrogens (tertiary/aromatic N) is 2. The molecule has 28 heavy (non-hydrogen) atoms. The fraction of sp³-hybridized carbons (Fsp3) is 0.130. The number of aryl methyl sites for hydroxylation is 1. The molecule has 1 saturated heterocycles. The summed E-state index contributed by atoms with van der Waals surface area (Å²) in [5, 5.41) is 0. The van der Waals surface area contributed by atoms with Crippen molar-refractivity contribution in [2.75, 3.05) is 0 Å². The maximum Gasteiger partial charge on any atom is 0.266 e. The van der Waals surface area contributed by atoms with Crippen molar-refractivity contribution in [3.63, 3.8) is 0 Å². The summed E-state index contributed by atoms with van der Waals surface area (Å²) < 4.78 is 2.77. The first-order valence-electron chi connectivity index (χ1n) is 9.08. The van der Waals surface area contributed by atoms with Crippen LogP contribution in [-0.4, -0.2) is 19.7 Å². The van der Waals surface area contributed by atoms with Crippen molar-refractivity contribution in [3.8, 4) is 5.69 Å². The molecule has 2 heterocycles. The molecule has 1 amide bonds. The van der Waals surface area contributed by atoms with E-state index in [4.69, 9.17) is 12.2 Å². The Morgan fingerprint density at radius 1 is 1.00 bits per heavy atom. The standard InChI is InChI=1S/C23H20N2OS2/c1-16-14-24(19-11-7-4-8-12-19)17(2)20(16)13-21-22(26)25(23(27)28-21)15-18-9-5-3-6-10-18/h3-14H,15H2,1-2H3. The van der Waals surface area contributed by atoms with Crippen LogP contribution in [0.1, 0.15) is 22.4 Å². The van der Waals surface area contributed by atoms with Gasteiger partial charge in [-0.05, 0) is 48.7 Å². The maximum absolute atomic E-state index is 13.0. The molecule has 0 bridgehead atoms. The lowest BCUT2D eigenvalue weighted by molar-refractivity contribution is -0.122. The van der Waals surface area contributed by atoms with Gasteiger partial charge in [0, 0.05) is 17.6 Å². The largest absolute Gasteiger partial charge is 0.320 e. The molecule has 3 nitrogen and oxygen atoms in total. The highest BCUT2D eigenvalue weighted by Crippen LogP contribution is 2.35. The Hall–Kier alpha value is -2.63. The predicted octanol–water partition coefficient (Wildman–Crippen LogP) is 5.50. The highest BCUT2D eigenvalue weighted by atomic mass is 32.2. The molecule has 4 rings (SSSR count). The molecule has 0 saturated carbocycles. The Bertz CT molecular complexity index is 1070. The van der Waals surface area contributed by atoms with Crippen LogP contribution in [0.4, 0.5) is 0 Å². The molecule has 1 aromatic heterocycles. The molecule has 1 fully saturated rings. The van der Waals surface area contributed by atoms with E-state index in [-0.39, 0.29) is 5.91 Å².